The average molecular weight is 234 g/mol. The predicted octanol–water partition coefficient (Wildman–Crippen LogP) is 3.09. The van der Waals surface area contributed by atoms with E-state index < -0.39 is 0 Å². The Hall–Kier alpha value is -1.38. The molecular weight excluding hydrogens is 212 g/mol. The molecule has 1 heterocycles. The lowest BCUT2D eigenvalue weighted by molar-refractivity contribution is 0.0952. The van der Waals surface area contributed by atoms with Crippen LogP contribution in [0.15, 0.2) is 18.3 Å². The van der Waals surface area contributed by atoms with Crippen LogP contribution in [0.1, 0.15) is 55.1 Å². The van der Waals surface area contributed by atoms with E-state index in [9.17, 15) is 4.79 Å². The molecule has 1 amide bonds. The van der Waals surface area contributed by atoms with Crippen molar-refractivity contribution in [2.24, 2.45) is 0 Å². The summed E-state index contributed by atoms with van der Waals surface area (Å²) in [5.41, 5.74) is 1.57. The van der Waals surface area contributed by atoms with Gasteiger partial charge in [-0.25, -0.2) is 0 Å². The van der Waals surface area contributed by atoms with Crippen molar-refractivity contribution in [3.05, 3.63) is 29.6 Å². The third-order valence-electron chi connectivity index (χ3n) is 2.74. The van der Waals surface area contributed by atoms with Gasteiger partial charge in [0.05, 0.1) is 5.56 Å². The highest BCUT2D eigenvalue weighted by molar-refractivity contribution is 5.93. The quantitative estimate of drug-likeness (QED) is 0.737. The van der Waals surface area contributed by atoms with E-state index in [0.717, 1.165) is 18.7 Å². The van der Waals surface area contributed by atoms with Crippen LogP contribution in [0.4, 0.5) is 0 Å². The van der Waals surface area contributed by atoms with E-state index in [1.807, 2.05) is 19.1 Å². The van der Waals surface area contributed by atoms with Gasteiger partial charge >= 0.3 is 0 Å². The maximum Gasteiger partial charge on any atom is 0.252 e. The molecule has 0 aliphatic carbocycles. The van der Waals surface area contributed by atoms with Gasteiger partial charge in [0.15, 0.2) is 0 Å². The Bertz CT molecular complexity index is 333. The first-order valence-electron chi connectivity index (χ1n) is 6.45. The fraction of sp³-hybridized carbons (Fsp3) is 0.571. The molecule has 0 saturated carbocycles. The number of amides is 1. The third-order valence-corrected chi connectivity index (χ3v) is 2.74. The van der Waals surface area contributed by atoms with Crippen LogP contribution in [0.5, 0.6) is 0 Å². The van der Waals surface area contributed by atoms with Gasteiger partial charge in [0.2, 0.25) is 0 Å². The number of aryl methyl sites for hydroxylation is 1. The van der Waals surface area contributed by atoms with Crippen molar-refractivity contribution >= 4 is 5.91 Å². The number of nitrogens with zero attached hydrogens (tertiary/aromatic N) is 1. The monoisotopic (exact) mass is 234 g/mol. The number of unbranched alkanes of at least 4 members (excludes halogenated alkanes) is 4. The lowest BCUT2D eigenvalue weighted by Crippen LogP contribution is -2.24. The first-order valence-corrected chi connectivity index (χ1v) is 6.45. The van der Waals surface area contributed by atoms with E-state index in [-0.39, 0.29) is 5.91 Å². The Morgan fingerprint density at radius 2 is 2.00 bits per heavy atom. The average Bonchev–Trinajstić information content (AvgIpc) is 2.34. The number of aromatic nitrogens is 1. The molecule has 0 spiro atoms. The topological polar surface area (TPSA) is 42.0 Å². The largest absolute Gasteiger partial charge is 0.352 e. The molecule has 0 bridgehead atoms. The Balaban J connectivity index is 2.19. The van der Waals surface area contributed by atoms with E-state index in [1.165, 1.54) is 25.7 Å². The van der Waals surface area contributed by atoms with E-state index in [2.05, 4.69) is 17.2 Å². The zero-order chi connectivity index (χ0) is 12.5. The number of hydrogen-bond acceptors (Lipinski definition) is 2. The maximum absolute atomic E-state index is 11.7. The van der Waals surface area contributed by atoms with Gasteiger partial charge in [0.1, 0.15) is 0 Å². The van der Waals surface area contributed by atoms with Crippen LogP contribution in [0.3, 0.4) is 0 Å². The summed E-state index contributed by atoms with van der Waals surface area (Å²) in [5, 5.41) is 2.92. The molecule has 94 valence electrons. The summed E-state index contributed by atoms with van der Waals surface area (Å²) < 4.78 is 0. The fourth-order valence-electron chi connectivity index (χ4n) is 1.63. The van der Waals surface area contributed by atoms with Crippen molar-refractivity contribution in [3.8, 4) is 0 Å². The predicted molar refractivity (Wildman–Crippen MR) is 70.1 cm³/mol. The van der Waals surface area contributed by atoms with Crippen molar-refractivity contribution in [2.75, 3.05) is 6.54 Å². The van der Waals surface area contributed by atoms with Gasteiger partial charge in [-0.15, -0.1) is 0 Å². The highest BCUT2D eigenvalue weighted by atomic mass is 16.1. The van der Waals surface area contributed by atoms with Crippen LogP contribution in [-0.2, 0) is 0 Å². The zero-order valence-electron chi connectivity index (χ0n) is 10.8. The molecule has 1 rings (SSSR count). The summed E-state index contributed by atoms with van der Waals surface area (Å²) in [6, 6.07) is 3.67. The zero-order valence-corrected chi connectivity index (χ0v) is 10.8. The lowest BCUT2D eigenvalue weighted by Gasteiger charge is -2.05. The summed E-state index contributed by atoms with van der Waals surface area (Å²) in [6.07, 6.45) is 7.68. The Kier molecular flexibility index (Phi) is 6.30. The standard InChI is InChI=1S/C14H22N2O/c1-3-4-5-6-7-10-15-14(17)13-9-8-12(2)16-11-13/h8-9,11H,3-7,10H2,1-2H3,(H,15,17). The van der Waals surface area contributed by atoms with Crippen LogP contribution in [-0.4, -0.2) is 17.4 Å². The molecule has 3 heteroatoms. The Morgan fingerprint density at radius 1 is 1.24 bits per heavy atom. The van der Waals surface area contributed by atoms with Gasteiger partial charge in [-0.2, -0.15) is 0 Å². The van der Waals surface area contributed by atoms with E-state index in [4.69, 9.17) is 0 Å². The third kappa shape index (κ3) is 5.48. The number of hydrogen-bond donors (Lipinski definition) is 1. The van der Waals surface area contributed by atoms with E-state index >= 15 is 0 Å². The van der Waals surface area contributed by atoms with Crippen molar-refractivity contribution < 1.29 is 4.79 Å². The summed E-state index contributed by atoms with van der Waals surface area (Å²) in [5.74, 6) is -0.0204. The number of carbonyl (C=O) groups excluding carboxylic acids is 1. The maximum atomic E-state index is 11.7. The number of nitrogens with one attached hydrogen (secondary N) is 1. The molecule has 3 nitrogen and oxygen atoms in total. The van der Waals surface area contributed by atoms with Crippen LogP contribution in [0, 0.1) is 6.92 Å². The lowest BCUT2D eigenvalue weighted by atomic mass is 10.1. The van der Waals surface area contributed by atoms with Crippen molar-refractivity contribution in [1.29, 1.82) is 0 Å². The van der Waals surface area contributed by atoms with E-state index in [1.54, 1.807) is 6.20 Å². The van der Waals surface area contributed by atoms with Gasteiger partial charge in [-0.1, -0.05) is 32.6 Å². The Labute approximate surface area is 104 Å². The number of pyridine rings is 1. The van der Waals surface area contributed by atoms with Gasteiger partial charge in [-0.3, -0.25) is 9.78 Å². The normalized spacial score (nSPS) is 10.2. The molecular formula is C14H22N2O. The second-order valence-electron chi connectivity index (χ2n) is 4.36. The molecule has 1 aromatic rings. The molecule has 0 unspecified atom stereocenters. The molecule has 0 aromatic carbocycles. The highest BCUT2D eigenvalue weighted by Gasteiger charge is 2.03. The summed E-state index contributed by atoms with van der Waals surface area (Å²) in [4.78, 5) is 15.8. The van der Waals surface area contributed by atoms with E-state index in [0.29, 0.717) is 5.56 Å². The smallest absolute Gasteiger partial charge is 0.252 e. The van der Waals surface area contributed by atoms with Crippen LogP contribution >= 0.6 is 0 Å². The van der Waals surface area contributed by atoms with Gasteiger partial charge in [0.25, 0.3) is 5.91 Å². The van der Waals surface area contributed by atoms with Gasteiger partial charge in [-0.05, 0) is 25.5 Å². The molecule has 0 aliphatic rings. The molecule has 0 aliphatic heterocycles. The number of rotatable bonds is 7. The van der Waals surface area contributed by atoms with Crippen molar-refractivity contribution in [2.45, 2.75) is 46.0 Å². The minimum Gasteiger partial charge on any atom is -0.352 e. The van der Waals surface area contributed by atoms with Crippen molar-refractivity contribution in [3.63, 3.8) is 0 Å². The molecule has 17 heavy (non-hydrogen) atoms. The SMILES string of the molecule is CCCCCCCNC(=O)c1ccc(C)nc1. The molecule has 0 atom stereocenters. The molecule has 0 radical (unpaired) electrons. The summed E-state index contributed by atoms with van der Waals surface area (Å²) >= 11 is 0. The summed E-state index contributed by atoms with van der Waals surface area (Å²) in [6.45, 7) is 4.87. The second kappa shape index (κ2) is 7.82. The van der Waals surface area contributed by atoms with Gasteiger partial charge < -0.3 is 5.32 Å². The van der Waals surface area contributed by atoms with Crippen LogP contribution in [0.2, 0.25) is 0 Å². The molecule has 1 N–H and O–H groups in total. The van der Waals surface area contributed by atoms with Crippen LogP contribution in [0.25, 0.3) is 0 Å². The second-order valence-corrected chi connectivity index (χ2v) is 4.36. The minimum atomic E-state index is -0.0204. The summed E-state index contributed by atoms with van der Waals surface area (Å²) in [7, 11) is 0. The minimum absolute atomic E-state index is 0.0204. The number of carbonyl (C=O) groups is 1. The molecule has 0 fully saturated rings. The first kappa shape index (κ1) is 13.7. The molecule has 0 saturated heterocycles. The molecule has 1 aromatic heterocycles. The van der Waals surface area contributed by atoms with Crippen molar-refractivity contribution in [1.82, 2.24) is 10.3 Å². The highest BCUT2D eigenvalue weighted by Crippen LogP contribution is 2.02. The van der Waals surface area contributed by atoms with Crippen LogP contribution < -0.4 is 5.32 Å². The Morgan fingerprint density at radius 3 is 2.65 bits per heavy atom. The first-order chi connectivity index (χ1) is 8.24. The fourth-order valence-corrected chi connectivity index (χ4v) is 1.63. The van der Waals surface area contributed by atoms with Gasteiger partial charge in [0, 0.05) is 18.4 Å².